The molecule has 1 aliphatic rings. The van der Waals surface area contributed by atoms with Crippen LogP contribution in [0.5, 0.6) is 0 Å². The van der Waals surface area contributed by atoms with Crippen molar-refractivity contribution in [1.29, 1.82) is 0 Å². The number of carbonyl (C=O) groups excluding carboxylic acids is 1. The number of aliphatic carboxylic acids is 1. The summed E-state index contributed by atoms with van der Waals surface area (Å²) in [5, 5.41) is 20.2. The monoisotopic (exact) mass is 272 g/mol. The van der Waals surface area contributed by atoms with Crippen LogP contribution in [0.15, 0.2) is 0 Å². The van der Waals surface area contributed by atoms with Crippen LogP contribution >= 0.6 is 0 Å². The second-order valence-electron chi connectivity index (χ2n) is 5.38. The van der Waals surface area contributed by atoms with E-state index in [1.807, 2.05) is 0 Å². The van der Waals surface area contributed by atoms with Crippen molar-refractivity contribution in [2.75, 3.05) is 13.7 Å². The maximum Gasteiger partial charge on any atom is 0.326 e. The van der Waals surface area contributed by atoms with Gasteiger partial charge in [-0.05, 0) is 31.6 Å². The molecule has 0 bridgehead atoms. The van der Waals surface area contributed by atoms with E-state index >= 15 is 0 Å². The van der Waals surface area contributed by atoms with Crippen molar-refractivity contribution in [3.05, 3.63) is 0 Å². The van der Waals surface area contributed by atoms with Crippen LogP contribution < -0.4 is 5.32 Å². The molecule has 6 heteroatoms. The minimum atomic E-state index is -1.12. The average Bonchev–Trinajstić information content (AvgIpc) is 2.38. The van der Waals surface area contributed by atoms with E-state index in [2.05, 4.69) is 12.2 Å². The van der Waals surface area contributed by atoms with Crippen LogP contribution in [0.1, 0.15) is 39.0 Å². The summed E-state index contributed by atoms with van der Waals surface area (Å²) in [6.07, 6.45) is 4.14. The Labute approximate surface area is 113 Å². The topological polar surface area (TPSA) is 89.9 Å². The first-order chi connectivity index (χ1) is 8.95. The molecule has 0 spiro atoms. The predicted molar refractivity (Wildman–Crippen MR) is 70.8 cm³/mol. The molecule has 1 fully saturated rings. The number of rotatable bonds is 5. The van der Waals surface area contributed by atoms with E-state index in [4.69, 9.17) is 10.2 Å². The molecule has 1 atom stereocenters. The molecule has 0 unspecified atom stereocenters. The Balaban J connectivity index is 2.49. The Morgan fingerprint density at radius 3 is 2.37 bits per heavy atom. The number of amides is 2. The number of nitrogens with one attached hydrogen (secondary N) is 1. The van der Waals surface area contributed by atoms with Gasteiger partial charge >= 0.3 is 12.0 Å². The summed E-state index contributed by atoms with van der Waals surface area (Å²) in [5.41, 5.74) is 0. The van der Waals surface area contributed by atoms with Crippen molar-refractivity contribution in [2.45, 2.75) is 51.1 Å². The summed E-state index contributed by atoms with van der Waals surface area (Å²) in [4.78, 5) is 24.5. The van der Waals surface area contributed by atoms with Crippen molar-refractivity contribution in [3.8, 4) is 0 Å². The predicted octanol–water partition coefficient (Wildman–Crippen LogP) is 1.04. The molecule has 110 valence electrons. The molecular weight excluding hydrogens is 248 g/mol. The van der Waals surface area contributed by atoms with E-state index in [1.54, 1.807) is 11.9 Å². The van der Waals surface area contributed by atoms with Crippen LogP contribution in [0.25, 0.3) is 0 Å². The third kappa shape index (κ3) is 4.70. The third-order valence-electron chi connectivity index (χ3n) is 3.87. The molecule has 0 aromatic heterocycles. The Kier molecular flexibility index (Phi) is 6.08. The van der Waals surface area contributed by atoms with Gasteiger partial charge in [0.05, 0.1) is 0 Å². The number of hydrogen-bond acceptors (Lipinski definition) is 3. The average molecular weight is 272 g/mol. The van der Waals surface area contributed by atoms with Gasteiger partial charge in [0, 0.05) is 26.1 Å². The molecule has 19 heavy (non-hydrogen) atoms. The summed E-state index contributed by atoms with van der Waals surface area (Å²) in [5.74, 6) is -0.415. The van der Waals surface area contributed by atoms with Crippen LogP contribution in [0.3, 0.4) is 0 Å². The quantitative estimate of drug-likeness (QED) is 0.697. The highest BCUT2D eigenvalue weighted by molar-refractivity contribution is 5.82. The van der Waals surface area contributed by atoms with E-state index in [1.165, 1.54) is 0 Å². The number of aliphatic hydroxyl groups is 1. The van der Waals surface area contributed by atoms with Crippen LogP contribution in [0, 0.1) is 5.92 Å². The van der Waals surface area contributed by atoms with Gasteiger partial charge in [0.2, 0.25) is 0 Å². The van der Waals surface area contributed by atoms with Crippen LogP contribution in [0.2, 0.25) is 0 Å². The number of nitrogens with zero attached hydrogens (tertiary/aromatic N) is 1. The lowest BCUT2D eigenvalue weighted by Gasteiger charge is -2.34. The molecule has 1 rings (SSSR count). The maximum absolute atomic E-state index is 12.0. The van der Waals surface area contributed by atoms with Gasteiger partial charge < -0.3 is 20.4 Å². The number of hydrogen-bond donors (Lipinski definition) is 3. The number of carboxylic acids is 1. The molecule has 1 saturated carbocycles. The first kappa shape index (κ1) is 15.8. The van der Waals surface area contributed by atoms with Gasteiger partial charge in [-0.25, -0.2) is 9.59 Å². The van der Waals surface area contributed by atoms with Gasteiger partial charge in [0.25, 0.3) is 0 Å². The first-order valence-corrected chi connectivity index (χ1v) is 6.82. The fraction of sp³-hybridized carbons (Fsp3) is 0.846. The summed E-state index contributed by atoms with van der Waals surface area (Å²) < 4.78 is 0. The highest BCUT2D eigenvalue weighted by atomic mass is 16.4. The second kappa shape index (κ2) is 7.33. The Morgan fingerprint density at radius 1 is 1.32 bits per heavy atom. The zero-order valence-corrected chi connectivity index (χ0v) is 11.6. The van der Waals surface area contributed by atoms with Crippen LogP contribution in [-0.2, 0) is 4.79 Å². The fourth-order valence-electron chi connectivity index (χ4n) is 2.43. The second-order valence-corrected chi connectivity index (χ2v) is 5.38. The summed E-state index contributed by atoms with van der Waals surface area (Å²) in [7, 11) is 1.70. The van der Waals surface area contributed by atoms with Crippen LogP contribution in [-0.4, -0.2) is 52.9 Å². The van der Waals surface area contributed by atoms with Gasteiger partial charge in [-0.15, -0.1) is 0 Å². The van der Waals surface area contributed by atoms with Crippen molar-refractivity contribution in [2.24, 2.45) is 5.92 Å². The van der Waals surface area contributed by atoms with Crippen LogP contribution in [0.4, 0.5) is 4.79 Å². The third-order valence-corrected chi connectivity index (χ3v) is 3.87. The van der Waals surface area contributed by atoms with Gasteiger partial charge in [0.15, 0.2) is 0 Å². The SMILES string of the molecule is CC1CCC(N(C)C(=O)N[C@H](CCO)C(=O)O)CC1. The van der Waals surface area contributed by atoms with E-state index < -0.39 is 12.0 Å². The van der Waals surface area contributed by atoms with Gasteiger partial charge in [0.1, 0.15) is 6.04 Å². The minimum absolute atomic E-state index is 0.0244. The molecule has 0 saturated heterocycles. The normalized spacial score (nSPS) is 24.6. The smallest absolute Gasteiger partial charge is 0.326 e. The molecule has 2 amide bonds. The van der Waals surface area contributed by atoms with Crippen molar-refractivity contribution in [3.63, 3.8) is 0 Å². The number of carbonyl (C=O) groups is 2. The molecule has 0 aliphatic heterocycles. The molecule has 1 aliphatic carbocycles. The summed E-state index contributed by atoms with van der Waals surface area (Å²) in [6.45, 7) is 1.94. The van der Waals surface area contributed by atoms with Crippen molar-refractivity contribution < 1.29 is 19.8 Å². The van der Waals surface area contributed by atoms with Gasteiger partial charge in [-0.2, -0.15) is 0 Å². The standard InChI is InChI=1S/C13H24N2O4/c1-9-3-5-10(6-4-9)15(2)13(19)14-11(7-8-16)12(17)18/h9-11,16H,3-8H2,1-2H3,(H,14,19)(H,17,18)/t9?,10?,11-/m1/s1. The zero-order valence-electron chi connectivity index (χ0n) is 11.6. The lowest BCUT2D eigenvalue weighted by molar-refractivity contribution is -0.139. The lowest BCUT2D eigenvalue weighted by atomic mass is 9.87. The molecule has 0 aromatic rings. The Morgan fingerprint density at radius 2 is 1.89 bits per heavy atom. The first-order valence-electron chi connectivity index (χ1n) is 6.82. The van der Waals surface area contributed by atoms with Gasteiger partial charge in [-0.3, -0.25) is 0 Å². The molecule has 3 N–H and O–H groups in total. The fourth-order valence-corrected chi connectivity index (χ4v) is 2.43. The molecule has 0 heterocycles. The lowest BCUT2D eigenvalue weighted by Crippen LogP contribution is -2.50. The zero-order chi connectivity index (χ0) is 14.4. The molecule has 0 aromatic carbocycles. The summed E-state index contributed by atoms with van der Waals surface area (Å²) >= 11 is 0. The highest BCUT2D eigenvalue weighted by Gasteiger charge is 2.27. The molecule has 6 nitrogen and oxygen atoms in total. The largest absolute Gasteiger partial charge is 0.480 e. The Hall–Kier alpha value is -1.30. The highest BCUT2D eigenvalue weighted by Crippen LogP contribution is 2.26. The van der Waals surface area contributed by atoms with Gasteiger partial charge in [-0.1, -0.05) is 6.92 Å². The number of carboxylic acid groups (broad SMARTS) is 1. The maximum atomic E-state index is 12.0. The molecule has 0 radical (unpaired) electrons. The van der Waals surface area contributed by atoms with Crippen molar-refractivity contribution in [1.82, 2.24) is 10.2 Å². The molecular formula is C13H24N2O4. The number of urea groups is 1. The summed E-state index contributed by atoms with van der Waals surface area (Å²) in [6, 6.07) is -1.22. The van der Waals surface area contributed by atoms with E-state index in [-0.39, 0.29) is 25.1 Å². The minimum Gasteiger partial charge on any atom is -0.480 e. The Bertz CT molecular complexity index is 314. The van der Waals surface area contributed by atoms with E-state index in [0.29, 0.717) is 5.92 Å². The van der Waals surface area contributed by atoms with E-state index in [0.717, 1.165) is 25.7 Å². The number of aliphatic hydroxyl groups excluding tert-OH is 1. The van der Waals surface area contributed by atoms with E-state index in [9.17, 15) is 9.59 Å². The van der Waals surface area contributed by atoms with Crippen molar-refractivity contribution >= 4 is 12.0 Å².